The predicted molar refractivity (Wildman–Crippen MR) is 55.4 cm³/mol. The van der Waals surface area contributed by atoms with Gasteiger partial charge in [0.05, 0.1) is 5.56 Å². The molecule has 0 unspecified atom stereocenters. The fourth-order valence-corrected chi connectivity index (χ4v) is 1.47. The Hall–Kier alpha value is -1.56. The third kappa shape index (κ3) is 3.45. The minimum absolute atomic E-state index is 0.0980. The van der Waals surface area contributed by atoms with E-state index in [2.05, 4.69) is 0 Å². The van der Waals surface area contributed by atoms with Crippen LogP contribution in [0.25, 0.3) is 0 Å². The van der Waals surface area contributed by atoms with Gasteiger partial charge in [-0.15, -0.1) is 0 Å². The lowest BCUT2D eigenvalue weighted by Crippen LogP contribution is -2.16. The van der Waals surface area contributed by atoms with Crippen molar-refractivity contribution in [1.82, 2.24) is 0 Å². The largest absolute Gasteiger partial charge is 0.416 e. The number of rotatable bonds is 4. The standard InChI is InChI=1S/C11H12F3NO2/c12-11(13,14)8-4-3-7(2-1-5-16)9(6-8)10(15)17/h3-4,6,16H,1-2,5H2,(H2,15,17). The van der Waals surface area contributed by atoms with Gasteiger partial charge in [-0.3, -0.25) is 4.79 Å². The van der Waals surface area contributed by atoms with Gasteiger partial charge in [0, 0.05) is 12.2 Å². The summed E-state index contributed by atoms with van der Waals surface area (Å²) in [5.74, 6) is -0.899. The Balaban J connectivity index is 3.13. The molecule has 6 heteroatoms. The Morgan fingerprint density at radius 2 is 2.00 bits per heavy atom. The van der Waals surface area contributed by atoms with Gasteiger partial charge in [-0.2, -0.15) is 13.2 Å². The molecular weight excluding hydrogens is 235 g/mol. The van der Waals surface area contributed by atoms with E-state index in [1.165, 1.54) is 6.07 Å². The van der Waals surface area contributed by atoms with Gasteiger partial charge in [0.25, 0.3) is 0 Å². The number of primary amides is 1. The Labute approximate surface area is 96.0 Å². The van der Waals surface area contributed by atoms with Crippen molar-refractivity contribution in [2.24, 2.45) is 5.73 Å². The molecule has 0 radical (unpaired) electrons. The van der Waals surface area contributed by atoms with Crippen LogP contribution in [0.3, 0.4) is 0 Å². The molecule has 3 N–H and O–H groups in total. The molecule has 0 atom stereocenters. The number of amides is 1. The molecule has 0 heterocycles. The Morgan fingerprint density at radius 1 is 1.35 bits per heavy atom. The van der Waals surface area contributed by atoms with Crippen LogP contribution in [0.4, 0.5) is 13.2 Å². The van der Waals surface area contributed by atoms with E-state index in [9.17, 15) is 18.0 Å². The highest BCUT2D eigenvalue weighted by molar-refractivity contribution is 5.94. The Kier molecular flexibility index (Phi) is 4.11. The van der Waals surface area contributed by atoms with Crippen LogP contribution in [0, 0.1) is 0 Å². The molecular formula is C11H12F3NO2. The van der Waals surface area contributed by atoms with E-state index in [0.717, 1.165) is 12.1 Å². The molecule has 94 valence electrons. The quantitative estimate of drug-likeness (QED) is 0.851. The summed E-state index contributed by atoms with van der Waals surface area (Å²) in [4.78, 5) is 11.1. The molecule has 0 aliphatic rings. The van der Waals surface area contributed by atoms with Crippen molar-refractivity contribution in [3.8, 4) is 0 Å². The first-order valence-electron chi connectivity index (χ1n) is 4.97. The zero-order valence-corrected chi connectivity index (χ0v) is 8.92. The lowest BCUT2D eigenvalue weighted by Gasteiger charge is -2.11. The van der Waals surface area contributed by atoms with E-state index in [4.69, 9.17) is 10.8 Å². The molecule has 0 spiro atoms. The van der Waals surface area contributed by atoms with Crippen molar-refractivity contribution < 1.29 is 23.1 Å². The summed E-state index contributed by atoms with van der Waals surface area (Å²) in [6.07, 6.45) is -3.82. The molecule has 1 rings (SSSR count). The maximum absolute atomic E-state index is 12.4. The first-order valence-corrected chi connectivity index (χ1v) is 4.97. The normalized spacial score (nSPS) is 11.5. The molecule has 1 amide bonds. The molecule has 3 nitrogen and oxygen atoms in total. The number of carbonyl (C=O) groups is 1. The molecule has 0 aromatic heterocycles. The number of aliphatic hydroxyl groups excluding tert-OH is 1. The van der Waals surface area contributed by atoms with Crippen LogP contribution in [0.5, 0.6) is 0 Å². The number of aryl methyl sites for hydroxylation is 1. The van der Waals surface area contributed by atoms with Gasteiger partial charge in [-0.25, -0.2) is 0 Å². The molecule has 0 aliphatic heterocycles. The summed E-state index contributed by atoms with van der Waals surface area (Å²) < 4.78 is 37.3. The summed E-state index contributed by atoms with van der Waals surface area (Å²) >= 11 is 0. The van der Waals surface area contributed by atoms with Gasteiger partial charge in [-0.1, -0.05) is 6.07 Å². The van der Waals surface area contributed by atoms with Gasteiger partial charge in [-0.05, 0) is 30.5 Å². The van der Waals surface area contributed by atoms with E-state index in [0.29, 0.717) is 18.4 Å². The fraction of sp³-hybridized carbons (Fsp3) is 0.364. The van der Waals surface area contributed by atoms with E-state index >= 15 is 0 Å². The van der Waals surface area contributed by atoms with Crippen molar-refractivity contribution in [2.75, 3.05) is 6.61 Å². The molecule has 0 fully saturated rings. The van der Waals surface area contributed by atoms with Crippen molar-refractivity contribution in [3.05, 3.63) is 34.9 Å². The number of carbonyl (C=O) groups excluding carboxylic acids is 1. The van der Waals surface area contributed by atoms with Crippen molar-refractivity contribution in [1.29, 1.82) is 0 Å². The second-order valence-corrected chi connectivity index (χ2v) is 3.56. The third-order valence-electron chi connectivity index (χ3n) is 2.31. The summed E-state index contributed by atoms with van der Waals surface area (Å²) in [5, 5.41) is 8.64. The fourth-order valence-electron chi connectivity index (χ4n) is 1.47. The number of aliphatic hydroxyl groups is 1. The average Bonchev–Trinajstić information content (AvgIpc) is 2.24. The number of benzene rings is 1. The molecule has 17 heavy (non-hydrogen) atoms. The first kappa shape index (κ1) is 13.5. The number of alkyl halides is 3. The van der Waals surface area contributed by atoms with Gasteiger partial charge >= 0.3 is 6.18 Å². The van der Waals surface area contributed by atoms with Crippen molar-refractivity contribution in [3.63, 3.8) is 0 Å². The zero-order chi connectivity index (χ0) is 13.1. The van der Waals surface area contributed by atoms with Gasteiger partial charge in [0.2, 0.25) is 5.91 Å². The lowest BCUT2D eigenvalue weighted by atomic mass is 9.99. The number of nitrogens with two attached hydrogens (primary N) is 1. The molecule has 1 aromatic carbocycles. The smallest absolute Gasteiger partial charge is 0.396 e. The van der Waals surface area contributed by atoms with Crippen LogP contribution in [0.2, 0.25) is 0 Å². The maximum Gasteiger partial charge on any atom is 0.416 e. The molecule has 0 saturated carbocycles. The van der Waals surface area contributed by atoms with Crippen LogP contribution in [-0.4, -0.2) is 17.6 Å². The highest BCUT2D eigenvalue weighted by Gasteiger charge is 2.31. The number of hydrogen-bond donors (Lipinski definition) is 2. The maximum atomic E-state index is 12.4. The number of hydrogen-bond acceptors (Lipinski definition) is 2. The number of halogens is 3. The second-order valence-electron chi connectivity index (χ2n) is 3.56. The zero-order valence-electron chi connectivity index (χ0n) is 8.92. The monoisotopic (exact) mass is 247 g/mol. The van der Waals surface area contributed by atoms with E-state index < -0.39 is 17.6 Å². The minimum Gasteiger partial charge on any atom is -0.396 e. The Bertz CT molecular complexity index is 416. The molecule has 1 aromatic rings. The van der Waals surface area contributed by atoms with Gasteiger partial charge in [0.15, 0.2) is 0 Å². The highest BCUT2D eigenvalue weighted by Crippen LogP contribution is 2.30. The van der Waals surface area contributed by atoms with E-state index in [-0.39, 0.29) is 12.2 Å². The van der Waals surface area contributed by atoms with E-state index in [1.54, 1.807) is 0 Å². The molecule has 0 bridgehead atoms. The summed E-state index contributed by atoms with van der Waals surface area (Å²) in [7, 11) is 0. The van der Waals surface area contributed by atoms with Gasteiger partial charge < -0.3 is 10.8 Å². The Morgan fingerprint density at radius 3 is 2.47 bits per heavy atom. The summed E-state index contributed by atoms with van der Waals surface area (Å²) in [6, 6.07) is 2.87. The van der Waals surface area contributed by atoms with Crippen LogP contribution in [0.15, 0.2) is 18.2 Å². The third-order valence-corrected chi connectivity index (χ3v) is 2.31. The summed E-state index contributed by atoms with van der Waals surface area (Å²) in [6.45, 7) is -0.0980. The predicted octanol–water partition coefficient (Wildman–Crippen LogP) is 1.73. The van der Waals surface area contributed by atoms with Gasteiger partial charge in [0.1, 0.15) is 0 Å². The second kappa shape index (κ2) is 5.18. The molecule has 0 aliphatic carbocycles. The first-order chi connectivity index (χ1) is 7.86. The highest BCUT2D eigenvalue weighted by atomic mass is 19.4. The lowest BCUT2D eigenvalue weighted by molar-refractivity contribution is -0.137. The van der Waals surface area contributed by atoms with Crippen LogP contribution in [0.1, 0.15) is 27.9 Å². The SMILES string of the molecule is NC(=O)c1cc(C(F)(F)F)ccc1CCCO. The summed E-state index contributed by atoms with van der Waals surface area (Å²) in [5.41, 5.74) is 4.40. The van der Waals surface area contributed by atoms with Crippen LogP contribution in [-0.2, 0) is 12.6 Å². The molecule has 0 saturated heterocycles. The topological polar surface area (TPSA) is 63.3 Å². The van der Waals surface area contributed by atoms with Crippen LogP contribution < -0.4 is 5.73 Å². The van der Waals surface area contributed by atoms with Crippen molar-refractivity contribution >= 4 is 5.91 Å². The van der Waals surface area contributed by atoms with Crippen molar-refractivity contribution in [2.45, 2.75) is 19.0 Å². The van der Waals surface area contributed by atoms with E-state index in [1.807, 2.05) is 0 Å². The van der Waals surface area contributed by atoms with Crippen LogP contribution >= 0.6 is 0 Å². The average molecular weight is 247 g/mol. The minimum atomic E-state index is -4.50.